The number of nitrogens with zero attached hydrogens (tertiary/aromatic N) is 2. The molecule has 108 valence electrons. The number of benzene rings is 2. The normalized spacial score (nSPS) is 18.6. The zero-order chi connectivity index (χ0) is 14.7. The molecule has 1 unspecified atom stereocenters. The van der Waals surface area contributed by atoms with Crippen LogP contribution in [0, 0.1) is 0 Å². The molecule has 0 aromatic heterocycles. The van der Waals surface area contributed by atoms with Crippen LogP contribution in [0.1, 0.15) is 17.3 Å². The zero-order valence-corrected chi connectivity index (χ0v) is 12.3. The standard InChI is InChI=1S/C18H20N2O/c1-15-14-19(18(21)16-8-4-2-5-9-16)12-13-20(15)17-10-6-3-7-11-17/h2-11,15H,12-14H2,1H3. The van der Waals surface area contributed by atoms with E-state index in [-0.39, 0.29) is 5.91 Å². The second kappa shape index (κ2) is 6.00. The quantitative estimate of drug-likeness (QED) is 0.844. The average Bonchev–Trinajstić information content (AvgIpc) is 2.55. The Morgan fingerprint density at radius 3 is 2.19 bits per heavy atom. The smallest absolute Gasteiger partial charge is 0.253 e. The van der Waals surface area contributed by atoms with Gasteiger partial charge < -0.3 is 9.80 Å². The second-order valence-electron chi connectivity index (χ2n) is 5.50. The molecule has 0 radical (unpaired) electrons. The van der Waals surface area contributed by atoms with Crippen LogP contribution in [0.25, 0.3) is 0 Å². The lowest BCUT2D eigenvalue weighted by Gasteiger charge is -2.41. The number of carbonyl (C=O) groups excluding carboxylic acids is 1. The minimum atomic E-state index is 0.134. The fourth-order valence-electron chi connectivity index (χ4n) is 2.91. The highest BCUT2D eigenvalue weighted by molar-refractivity contribution is 5.94. The van der Waals surface area contributed by atoms with Gasteiger partial charge in [0.2, 0.25) is 0 Å². The summed E-state index contributed by atoms with van der Waals surface area (Å²) in [5.74, 6) is 0.134. The maximum Gasteiger partial charge on any atom is 0.253 e. The molecule has 1 atom stereocenters. The number of piperazine rings is 1. The van der Waals surface area contributed by atoms with E-state index >= 15 is 0 Å². The summed E-state index contributed by atoms with van der Waals surface area (Å²) in [5.41, 5.74) is 2.01. The van der Waals surface area contributed by atoms with Crippen LogP contribution in [0.15, 0.2) is 60.7 Å². The van der Waals surface area contributed by atoms with E-state index in [0.717, 1.165) is 25.2 Å². The van der Waals surface area contributed by atoms with Crippen molar-refractivity contribution in [3.63, 3.8) is 0 Å². The lowest BCUT2D eigenvalue weighted by molar-refractivity contribution is 0.0726. The third-order valence-electron chi connectivity index (χ3n) is 4.02. The molecule has 0 bridgehead atoms. The van der Waals surface area contributed by atoms with Crippen molar-refractivity contribution in [2.45, 2.75) is 13.0 Å². The molecule has 3 nitrogen and oxygen atoms in total. The topological polar surface area (TPSA) is 23.6 Å². The SMILES string of the molecule is CC1CN(C(=O)c2ccccc2)CCN1c1ccccc1. The molecule has 1 aliphatic rings. The van der Waals surface area contributed by atoms with Gasteiger partial charge in [-0.05, 0) is 31.2 Å². The summed E-state index contributed by atoms with van der Waals surface area (Å²) in [6, 6.07) is 20.3. The average molecular weight is 280 g/mol. The molecule has 0 N–H and O–H groups in total. The molecule has 1 fully saturated rings. The summed E-state index contributed by atoms with van der Waals surface area (Å²) in [6.45, 7) is 4.59. The number of carbonyl (C=O) groups is 1. The Labute approximate surface area is 125 Å². The summed E-state index contributed by atoms with van der Waals surface area (Å²) in [7, 11) is 0. The maximum absolute atomic E-state index is 12.5. The van der Waals surface area contributed by atoms with E-state index in [1.54, 1.807) is 0 Å². The van der Waals surface area contributed by atoms with Gasteiger partial charge in [0.15, 0.2) is 0 Å². The van der Waals surface area contributed by atoms with Crippen LogP contribution in [-0.4, -0.2) is 36.5 Å². The van der Waals surface area contributed by atoms with E-state index in [1.165, 1.54) is 5.69 Å². The third kappa shape index (κ3) is 2.92. The van der Waals surface area contributed by atoms with Gasteiger partial charge in [0, 0.05) is 36.9 Å². The van der Waals surface area contributed by atoms with Gasteiger partial charge in [0.05, 0.1) is 0 Å². The fourth-order valence-corrected chi connectivity index (χ4v) is 2.91. The highest BCUT2D eigenvalue weighted by Crippen LogP contribution is 2.21. The largest absolute Gasteiger partial charge is 0.365 e. The van der Waals surface area contributed by atoms with Gasteiger partial charge in [-0.1, -0.05) is 36.4 Å². The Morgan fingerprint density at radius 1 is 0.952 bits per heavy atom. The zero-order valence-electron chi connectivity index (χ0n) is 12.3. The van der Waals surface area contributed by atoms with Crippen LogP contribution >= 0.6 is 0 Å². The first kappa shape index (κ1) is 13.7. The first-order valence-corrected chi connectivity index (χ1v) is 7.42. The Bertz CT molecular complexity index is 597. The lowest BCUT2D eigenvalue weighted by atomic mass is 10.1. The molecule has 3 heteroatoms. The van der Waals surface area contributed by atoms with E-state index in [0.29, 0.717) is 6.04 Å². The summed E-state index contributed by atoms with van der Waals surface area (Å²) >= 11 is 0. The maximum atomic E-state index is 12.5. The second-order valence-corrected chi connectivity index (χ2v) is 5.50. The highest BCUT2D eigenvalue weighted by atomic mass is 16.2. The lowest BCUT2D eigenvalue weighted by Crippen LogP contribution is -2.53. The minimum Gasteiger partial charge on any atom is -0.365 e. The van der Waals surface area contributed by atoms with E-state index in [1.807, 2.05) is 41.3 Å². The van der Waals surface area contributed by atoms with Crippen molar-refractivity contribution in [3.05, 3.63) is 66.2 Å². The van der Waals surface area contributed by atoms with E-state index < -0.39 is 0 Å². The summed E-state index contributed by atoms with van der Waals surface area (Å²) in [4.78, 5) is 16.8. The number of hydrogen-bond donors (Lipinski definition) is 0. The molecule has 1 saturated heterocycles. The van der Waals surface area contributed by atoms with Gasteiger partial charge in [-0.2, -0.15) is 0 Å². The minimum absolute atomic E-state index is 0.134. The molecule has 1 heterocycles. The molecule has 1 amide bonds. The van der Waals surface area contributed by atoms with Gasteiger partial charge in [0.25, 0.3) is 5.91 Å². The number of hydrogen-bond acceptors (Lipinski definition) is 2. The molecule has 2 aromatic rings. The van der Waals surface area contributed by atoms with Crippen LogP contribution < -0.4 is 4.90 Å². The van der Waals surface area contributed by atoms with Crippen molar-refractivity contribution in [1.82, 2.24) is 4.90 Å². The van der Waals surface area contributed by atoms with Crippen molar-refractivity contribution in [1.29, 1.82) is 0 Å². The molecule has 1 aliphatic heterocycles. The summed E-state index contributed by atoms with van der Waals surface area (Å²) in [6.07, 6.45) is 0. The fraction of sp³-hybridized carbons (Fsp3) is 0.278. The Hall–Kier alpha value is -2.29. The highest BCUT2D eigenvalue weighted by Gasteiger charge is 2.27. The van der Waals surface area contributed by atoms with Gasteiger partial charge in [-0.3, -0.25) is 4.79 Å². The molecular formula is C18H20N2O. The van der Waals surface area contributed by atoms with Gasteiger partial charge >= 0.3 is 0 Å². The van der Waals surface area contributed by atoms with Crippen LogP contribution in [0.3, 0.4) is 0 Å². The first-order chi connectivity index (χ1) is 10.3. The van der Waals surface area contributed by atoms with Crippen molar-refractivity contribution in [2.75, 3.05) is 24.5 Å². The molecule has 0 saturated carbocycles. The van der Waals surface area contributed by atoms with Crippen molar-refractivity contribution < 1.29 is 4.79 Å². The summed E-state index contributed by atoms with van der Waals surface area (Å²) in [5, 5.41) is 0. The molecular weight excluding hydrogens is 260 g/mol. The first-order valence-electron chi connectivity index (χ1n) is 7.42. The number of rotatable bonds is 2. The number of amides is 1. The molecule has 21 heavy (non-hydrogen) atoms. The van der Waals surface area contributed by atoms with Crippen LogP contribution in [0.2, 0.25) is 0 Å². The number of para-hydroxylation sites is 1. The Morgan fingerprint density at radius 2 is 1.57 bits per heavy atom. The molecule has 3 rings (SSSR count). The van der Waals surface area contributed by atoms with Gasteiger partial charge in [0.1, 0.15) is 0 Å². The Kier molecular flexibility index (Phi) is 3.91. The predicted octanol–water partition coefficient (Wildman–Crippen LogP) is 3.04. The predicted molar refractivity (Wildman–Crippen MR) is 85.6 cm³/mol. The third-order valence-corrected chi connectivity index (χ3v) is 4.02. The number of anilines is 1. The van der Waals surface area contributed by atoms with Crippen LogP contribution in [0.4, 0.5) is 5.69 Å². The molecule has 2 aromatic carbocycles. The molecule has 0 spiro atoms. The van der Waals surface area contributed by atoms with Gasteiger partial charge in [-0.25, -0.2) is 0 Å². The van der Waals surface area contributed by atoms with Crippen LogP contribution in [-0.2, 0) is 0 Å². The van der Waals surface area contributed by atoms with Gasteiger partial charge in [-0.15, -0.1) is 0 Å². The van der Waals surface area contributed by atoms with Crippen LogP contribution in [0.5, 0.6) is 0 Å². The van der Waals surface area contributed by atoms with Crippen molar-refractivity contribution in [2.24, 2.45) is 0 Å². The van der Waals surface area contributed by atoms with E-state index in [9.17, 15) is 4.79 Å². The van der Waals surface area contributed by atoms with E-state index in [4.69, 9.17) is 0 Å². The van der Waals surface area contributed by atoms with Crippen molar-refractivity contribution in [3.8, 4) is 0 Å². The summed E-state index contributed by atoms with van der Waals surface area (Å²) < 4.78 is 0. The monoisotopic (exact) mass is 280 g/mol. The van der Waals surface area contributed by atoms with Crippen molar-refractivity contribution >= 4 is 11.6 Å². The Balaban J connectivity index is 1.70. The molecule has 0 aliphatic carbocycles. The van der Waals surface area contributed by atoms with E-state index in [2.05, 4.69) is 36.1 Å².